The van der Waals surface area contributed by atoms with Gasteiger partial charge in [-0.1, -0.05) is 54.6 Å². The third-order valence-electron chi connectivity index (χ3n) is 8.39. The van der Waals surface area contributed by atoms with E-state index in [2.05, 4.69) is 54.6 Å². The van der Waals surface area contributed by atoms with Gasteiger partial charge in [0.25, 0.3) is 0 Å². The average Bonchev–Trinajstić information content (AvgIpc) is 3.60. The summed E-state index contributed by atoms with van der Waals surface area (Å²) in [5, 5.41) is 4.62. The molecular formula is C33H26BN3O3S. The van der Waals surface area contributed by atoms with Gasteiger partial charge in [-0.2, -0.15) is 0 Å². The van der Waals surface area contributed by atoms with Crippen LogP contribution in [0.2, 0.25) is 0 Å². The molecule has 200 valence electrons. The molecule has 7 aromatic rings. The Morgan fingerprint density at radius 3 is 1.93 bits per heavy atom. The number of furan rings is 1. The van der Waals surface area contributed by atoms with Crippen LogP contribution in [0.25, 0.3) is 64.9 Å². The van der Waals surface area contributed by atoms with Gasteiger partial charge in [0, 0.05) is 42.1 Å². The summed E-state index contributed by atoms with van der Waals surface area (Å²) < 4.78 is 21.3. The minimum Gasteiger partial charge on any atom is -0.456 e. The van der Waals surface area contributed by atoms with Crippen LogP contribution in [0, 0.1) is 0 Å². The molecule has 41 heavy (non-hydrogen) atoms. The van der Waals surface area contributed by atoms with Crippen molar-refractivity contribution in [1.82, 2.24) is 15.0 Å². The Morgan fingerprint density at radius 1 is 0.585 bits per heavy atom. The Labute approximate surface area is 241 Å². The number of para-hydroxylation sites is 1. The quantitative estimate of drug-likeness (QED) is 0.208. The smallest absolute Gasteiger partial charge is 0.456 e. The van der Waals surface area contributed by atoms with E-state index < -0.39 is 18.3 Å². The van der Waals surface area contributed by atoms with Gasteiger partial charge >= 0.3 is 7.12 Å². The lowest BCUT2D eigenvalue weighted by Crippen LogP contribution is -2.41. The maximum atomic E-state index is 6.36. The monoisotopic (exact) mass is 555 g/mol. The molecule has 8 rings (SSSR count). The molecule has 0 radical (unpaired) electrons. The fraction of sp³-hybridized carbons (Fsp3) is 0.182. The van der Waals surface area contributed by atoms with E-state index in [0.29, 0.717) is 17.4 Å². The van der Waals surface area contributed by atoms with Crippen LogP contribution in [0.3, 0.4) is 0 Å². The van der Waals surface area contributed by atoms with Crippen molar-refractivity contribution in [1.29, 1.82) is 0 Å². The Balaban J connectivity index is 1.30. The molecule has 0 unspecified atom stereocenters. The van der Waals surface area contributed by atoms with Crippen LogP contribution in [0.15, 0.2) is 89.3 Å². The van der Waals surface area contributed by atoms with E-state index in [1.165, 1.54) is 20.2 Å². The topological polar surface area (TPSA) is 70.3 Å². The summed E-state index contributed by atoms with van der Waals surface area (Å²) >= 11 is 1.77. The van der Waals surface area contributed by atoms with E-state index in [9.17, 15) is 0 Å². The Kier molecular flexibility index (Phi) is 5.23. The molecule has 4 heterocycles. The zero-order valence-electron chi connectivity index (χ0n) is 23.1. The van der Waals surface area contributed by atoms with Gasteiger partial charge in [0.05, 0.1) is 11.2 Å². The van der Waals surface area contributed by atoms with Crippen LogP contribution in [-0.2, 0) is 9.31 Å². The van der Waals surface area contributed by atoms with Gasteiger partial charge in [0.2, 0.25) is 0 Å². The van der Waals surface area contributed by atoms with Crippen LogP contribution < -0.4 is 5.72 Å². The molecule has 6 nitrogen and oxygen atoms in total. The molecule has 0 atom stereocenters. The van der Waals surface area contributed by atoms with Crippen molar-refractivity contribution in [2.45, 2.75) is 38.9 Å². The highest BCUT2D eigenvalue weighted by Gasteiger charge is 2.53. The summed E-state index contributed by atoms with van der Waals surface area (Å²) in [7, 11) is -0.719. The van der Waals surface area contributed by atoms with Crippen molar-refractivity contribution >= 4 is 66.3 Å². The van der Waals surface area contributed by atoms with E-state index >= 15 is 0 Å². The van der Waals surface area contributed by atoms with Crippen LogP contribution in [0.5, 0.6) is 0 Å². The molecule has 8 heteroatoms. The molecule has 0 saturated carbocycles. The van der Waals surface area contributed by atoms with E-state index in [1.54, 1.807) is 11.3 Å². The summed E-state index contributed by atoms with van der Waals surface area (Å²) in [4.78, 5) is 14.8. The SMILES string of the molecule is CC1(C)OB(c2nc(-c3ccc4c(c3)oc3ccccc34)nc(-c3ccc4c(c3)sc3ccccc34)n2)OC1(C)C. The molecule has 0 aliphatic carbocycles. The first-order chi connectivity index (χ1) is 19.8. The largest absolute Gasteiger partial charge is 0.534 e. The van der Waals surface area contributed by atoms with Crippen molar-refractivity contribution in [2.24, 2.45) is 0 Å². The Hall–Kier alpha value is -4.11. The number of hydrogen-bond donors (Lipinski definition) is 0. The van der Waals surface area contributed by atoms with E-state index in [4.69, 9.17) is 28.7 Å². The summed E-state index contributed by atoms with van der Waals surface area (Å²) in [5.41, 5.74) is 2.79. The highest BCUT2D eigenvalue weighted by molar-refractivity contribution is 7.25. The number of fused-ring (bicyclic) bond motifs is 6. The van der Waals surface area contributed by atoms with Crippen molar-refractivity contribution in [3.05, 3.63) is 84.9 Å². The van der Waals surface area contributed by atoms with Gasteiger partial charge in [-0.25, -0.2) is 15.0 Å². The molecule has 0 spiro atoms. The molecule has 1 saturated heterocycles. The highest BCUT2D eigenvalue weighted by Crippen LogP contribution is 2.38. The molecule has 0 amide bonds. The molecule has 1 aliphatic rings. The minimum atomic E-state index is -0.719. The standard InChI is InChI=1S/C33H26BN3O3S/c1-32(2)33(3,4)40-34(39-32)31-36-29(19-13-15-22-21-9-5-7-11-25(21)38-26(22)17-19)35-30(37-31)20-14-16-24-23-10-6-8-12-27(23)41-28(24)18-20/h5-18H,1-4H3. The van der Waals surface area contributed by atoms with E-state index in [-0.39, 0.29) is 0 Å². The first kappa shape index (κ1) is 24.7. The number of rotatable bonds is 3. The molecule has 1 fully saturated rings. The third kappa shape index (κ3) is 3.90. The maximum absolute atomic E-state index is 6.36. The molecule has 0 N–H and O–H groups in total. The Bertz CT molecular complexity index is 2000. The lowest BCUT2D eigenvalue weighted by atomic mass is 9.89. The van der Waals surface area contributed by atoms with Crippen LogP contribution in [-0.4, -0.2) is 33.3 Å². The lowest BCUT2D eigenvalue weighted by molar-refractivity contribution is 0.00578. The third-order valence-corrected chi connectivity index (χ3v) is 9.52. The maximum Gasteiger partial charge on any atom is 0.534 e. The van der Waals surface area contributed by atoms with E-state index in [0.717, 1.165) is 33.1 Å². The van der Waals surface area contributed by atoms with Crippen molar-refractivity contribution in [2.75, 3.05) is 0 Å². The summed E-state index contributed by atoms with van der Waals surface area (Å²) in [6.07, 6.45) is 0. The number of aromatic nitrogens is 3. The van der Waals surface area contributed by atoms with Gasteiger partial charge in [-0.3, -0.25) is 0 Å². The predicted octanol–water partition coefficient (Wildman–Crippen LogP) is 7.77. The van der Waals surface area contributed by atoms with Crippen LogP contribution >= 0.6 is 11.3 Å². The lowest BCUT2D eigenvalue weighted by Gasteiger charge is -2.32. The Morgan fingerprint density at radius 2 is 1.17 bits per heavy atom. The second-order valence-corrected chi connectivity index (χ2v) is 12.6. The fourth-order valence-corrected chi connectivity index (χ4v) is 6.58. The zero-order chi connectivity index (χ0) is 27.9. The van der Waals surface area contributed by atoms with Crippen LogP contribution in [0.4, 0.5) is 0 Å². The number of thiophene rings is 1. The summed E-state index contributed by atoms with van der Waals surface area (Å²) in [5.74, 6) is 1.11. The summed E-state index contributed by atoms with van der Waals surface area (Å²) in [6, 6.07) is 29.0. The number of hydrogen-bond acceptors (Lipinski definition) is 7. The van der Waals surface area contributed by atoms with Crippen molar-refractivity contribution in [3.8, 4) is 22.8 Å². The molecule has 3 aromatic heterocycles. The molecule has 0 bridgehead atoms. The summed E-state index contributed by atoms with van der Waals surface area (Å²) in [6.45, 7) is 8.11. The van der Waals surface area contributed by atoms with Crippen molar-refractivity contribution in [3.63, 3.8) is 0 Å². The number of benzene rings is 4. The second-order valence-electron chi connectivity index (χ2n) is 11.5. The number of nitrogens with zero attached hydrogens (tertiary/aromatic N) is 3. The van der Waals surface area contributed by atoms with Gasteiger partial charge in [0.1, 0.15) is 11.2 Å². The van der Waals surface area contributed by atoms with Gasteiger partial charge in [0.15, 0.2) is 17.4 Å². The molecule has 1 aliphatic heterocycles. The normalized spacial score (nSPS) is 16.4. The fourth-order valence-electron chi connectivity index (χ4n) is 5.43. The highest BCUT2D eigenvalue weighted by atomic mass is 32.1. The second kappa shape index (κ2) is 8.70. The average molecular weight is 555 g/mol. The zero-order valence-corrected chi connectivity index (χ0v) is 24.0. The van der Waals surface area contributed by atoms with E-state index in [1.807, 2.05) is 58.0 Å². The van der Waals surface area contributed by atoms with Gasteiger partial charge in [-0.05, 0) is 58.0 Å². The van der Waals surface area contributed by atoms with Gasteiger partial charge in [-0.15, -0.1) is 11.3 Å². The van der Waals surface area contributed by atoms with Crippen molar-refractivity contribution < 1.29 is 13.7 Å². The molecular weight excluding hydrogens is 529 g/mol. The molecule has 4 aromatic carbocycles. The van der Waals surface area contributed by atoms with Gasteiger partial charge < -0.3 is 13.7 Å². The van der Waals surface area contributed by atoms with Crippen LogP contribution in [0.1, 0.15) is 27.7 Å². The minimum absolute atomic E-state index is 0.449. The predicted molar refractivity (Wildman–Crippen MR) is 167 cm³/mol. The first-order valence-electron chi connectivity index (χ1n) is 13.7. The first-order valence-corrected chi connectivity index (χ1v) is 14.5.